The summed E-state index contributed by atoms with van der Waals surface area (Å²) in [6, 6.07) is -1.04. The lowest BCUT2D eigenvalue weighted by Gasteiger charge is -2.17. The molecule has 3 N–H and O–H groups in total. The van der Waals surface area contributed by atoms with Gasteiger partial charge in [0.1, 0.15) is 6.04 Å². The predicted molar refractivity (Wildman–Crippen MR) is 56.7 cm³/mol. The Bertz CT molecular complexity index is 270. The fourth-order valence-corrected chi connectivity index (χ4v) is 1.66. The van der Waals surface area contributed by atoms with Crippen molar-refractivity contribution in [1.29, 1.82) is 0 Å². The van der Waals surface area contributed by atoms with Crippen molar-refractivity contribution in [2.75, 3.05) is 13.7 Å². The number of aliphatic hydroxyl groups excluding tert-OH is 1. The first-order valence-electron chi connectivity index (χ1n) is 5.38. The van der Waals surface area contributed by atoms with Gasteiger partial charge in [-0.1, -0.05) is 6.92 Å². The van der Waals surface area contributed by atoms with E-state index in [4.69, 9.17) is 0 Å². The van der Waals surface area contributed by atoms with Crippen LogP contribution in [0.5, 0.6) is 0 Å². The highest BCUT2D eigenvalue weighted by molar-refractivity contribution is 5.87. The van der Waals surface area contributed by atoms with Gasteiger partial charge in [0.25, 0.3) is 0 Å². The van der Waals surface area contributed by atoms with Gasteiger partial charge in [-0.05, 0) is 12.8 Å². The van der Waals surface area contributed by atoms with E-state index in [2.05, 4.69) is 15.4 Å². The van der Waals surface area contributed by atoms with Crippen molar-refractivity contribution in [2.45, 2.75) is 38.0 Å². The Morgan fingerprint density at radius 1 is 1.62 bits per heavy atom. The largest absolute Gasteiger partial charge is 0.467 e. The maximum absolute atomic E-state index is 11.7. The number of ether oxygens (including phenoxy) is 1. The number of carbonyl (C=O) groups is 2. The lowest BCUT2D eigenvalue weighted by atomic mass is 10.1. The van der Waals surface area contributed by atoms with Crippen LogP contribution in [0.2, 0.25) is 0 Å². The fraction of sp³-hybridized carbons (Fsp3) is 0.800. The molecule has 6 heteroatoms. The zero-order valence-corrected chi connectivity index (χ0v) is 9.53. The molecule has 0 spiro atoms. The van der Waals surface area contributed by atoms with Gasteiger partial charge in [0.15, 0.2) is 0 Å². The number of aliphatic hydroxyl groups is 1. The molecular weight excluding hydrogens is 212 g/mol. The summed E-state index contributed by atoms with van der Waals surface area (Å²) in [6.07, 6.45) is 0.367. The lowest BCUT2D eigenvalue weighted by Crippen LogP contribution is -2.48. The van der Waals surface area contributed by atoms with Crippen LogP contribution in [0, 0.1) is 0 Å². The molecule has 0 bridgehead atoms. The predicted octanol–water partition coefficient (Wildman–Crippen LogP) is -1.22. The normalized spacial score (nSPS) is 26.2. The summed E-state index contributed by atoms with van der Waals surface area (Å²) in [4.78, 5) is 22.9. The Balaban J connectivity index is 2.46. The Hall–Kier alpha value is -1.14. The van der Waals surface area contributed by atoms with Gasteiger partial charge in [-0.3, -0.25) is 4.79 Å². The smallest absolute Gasteiger partial charge is 0.328 e. The van der Waals surface area contributed by atoms with Crippen molar-refractivity contribution in [2.24, 2.45) is 0 Å². The van der Waals surface area contributed by atoms with Crippen LogP contribution in [0.25, 0.3) is 0 Å². The zero-order chi connectivity index (χ0) is 12.1. The SMILES string of the molecule is CCC(NC(=O)C1CC(O)CN1)C(=O)OC. The quantitative estimate of drug-likeness (QED) is 0.527. The molecule has 3 atom stereocenters. The maximum Gasteiger partial charge on any atom is 0.328 e. The standard InChI is InChI=1S/C10H18N2O4/c1-3-7(10(15)16-2)12-9(14)8-4-6(13)5-11-8/h6-8,11,13H,3-5H2,1-2H3,(H,12,14). The van der Waals surface area contributed by atoms with Crippen LogP contribution in [0.3, 0.4) is 0 Å². The van der Waals surface area contributed by atoms with E-state index in [0.29, 0.717) is 19.4 Å². The van der Waals surface area contributed by atoms with Crippen molar-refractivity contribution in [3.05, 3.63) is 0 Å². The Morgan fingerprint density at radius 3 is 2.75 bits per heavy atom. The number of hydrogen-bond acceptors (Lipinski definition) is 5. The first kappa shape index (κ1) is 12.9. The molecule has 16 heavy (non-hydrogen) atoms. The molecular formula is C10H18N2O4. The van der Waals surface area contributed by atoms with Gasteiger partial charge in [-0.15, -0.1) is 0 Å². The van der Waals surface area contributed by atoms with Crippen LogP contribution in [-0.2, 0) is 14.3 Å². The summed E-state index contributed by atoms with van der Waals surface area (Å²) in [6.45, 7) is 2.20. The van der Waals surface area contributed by atoms with Crippen molar-refractivity contribution >= 4 is 11.9 Å². The summed E-state index contributed by atoms with van der Waals surface area (Å²) < 4.78 is 4.56. The van der Waals surface area contributed by atoms with Crippen molar-refractivity contribution in [3.8, 4) is 0 Å². The Kier molecular flexibility index (Phi) is 4.70. The molecule has 0 aromatic rings. The van der Waals surface area contributed by atoms with Gasteiger partial charge >= 0.3 is 5.97 Å². The van der Waals surface area contributed by atoms with E-state index < -0.39 is 24.2 Å². The Labute approximate surface area is 94.3 Å². The number of hydrogen-bond donors (Lipinski definition) is 3. The average Bonchev–Trinajstić information content (AvgIpc) is 2.71. The van der Waals surface area contributed by atoms with Crippen LogP contribution in [0.15, 0.2) is 0 Å². The number of carbonyl (C=O) groups excluding carboxylic acids is 2. The number of amides is 1. The minimum atomic E-state index is -0.614. The average molecular weight is 230 g/mol. The summed E-state index contributed by atoms with van der Waals surface area (Å²) in [7, 11) is 1.29. The second kappa shape index (κ2) is 5.81. The highest BCUT2D eigenvalue weighted by Crippen LogP contribution is 2.07. The maximum atomic E-state index is 11.7. The van der Waals surface area contributed by atoms with Crippen molar-refractivity contribution in [1.82, 2.24) is 10.6 Å². The molecule has 1 aliphatic heterocycles. The number of β-amino-alcohol motifs (C(OH)–C–C–N with tert-alkyl or cyclic N) is 1. The van der Waals surface area contributed by atoms with Gasteiger partial charge in [0.2, 0.25) is 5.91 Å². The minimum absolute atomic E-state index is 0.270. The van der Waals surface area contributed by atoms with Gasteiger partial charge < -0.3 is 20.5 Å². The van der Waals surface area contributed by atoms with Gasteiger partial charge in [-0.2, -0.15) is 0 Å². The van der Waals surface area contributed by atoms with Gasteiger partial charge in [-0.25, -0.2) is 4.79 Å². The molecule has 0 aromatic carbocycles. The molecule has 1 rings (SSSR count). The monoisotopic (exact) mass is 230 g/mol. The third-order valence-electron chi connectivity index (χ3n) is 2.63. The van der Waals surface area contributed by atoms with Gasteiger partial charge in [0.05, 0.1) is 19.3 Å². The molecule has 1 aliphatic rings. The summed E-state index contributed by atoms with van der Waals surface area (Å²) in [5.41, 5.74) is 0. The first-order chi connectivity index (χ1) is 7.58. The van der Waals surface area contributed by atoms with E-state index in [-0.39, 0.29) is 5.91 Å². The molecule has 1 amide bonds. The molecule has 3 unspecified atom stereocenters. The molecule has 0 saturated carbocycles. The van der Waals surface area contributed by atoms with Crippen LogP contribution >= 0.6 is 0 Å². The third kappa shape index (κ3) is 3.18. The lowest BCUT2D eigenvalue weighted by molar-refractivity contribution is -0.145. The topological polar surface area (TPSA) is 87.7 Å². The molecule has 0 radical (unpaired) electrons. The van der Waals surface area contributed by atoms with Crippen molar-refractivity contribution in [3.63, 3.8) is 0 Å². The summed E-state index contributed by atoms with van der Waals surface area (Å²) >= 11 is 0. The van der Waals surface area contributed by atoms with E-state index in [0.717, 1.165) is 0 Å². The van der Waals surface area contributed by atoms with Gasteiger partial charge in [0, 0.05) is 6.54 Å². The highest BCUT2D eigenvalue weighted by Gasteiger charge is 2.30. The van der Waals surface area contributed by atoms with Crippen LogP contribution in [0.1, 0.15) is 19.8 Å². The number of nitrogens with one attached hydrogen (secondary N) is 2. The van der Waals surface area contributed by atoms with Crippen LogP contribution in [-0.4, -0.2) is 48.8 Å². The van der Waals surface area contributed by atoms with E-state index in [1.165, 1.54) is 7.11 Å². The van der Waals surface area contributed by atoms with Crippen molar-refractivity contribution < 1.29 is 19.4 Å². The second-order valence-electron chi connectivity index (χ2n) is 3.84. The van der Waals surface area contributed by atoms with E-state index in [1.807, 2.05) is 0 Å². The molecule has 0 aromatic heterocycles. The van der Waals surface area contributed by atoms with E-state index >= 15 is 0 Å². The number of rotatable bonds is 4. The highest BCUT2D eigenvalue weighted by atomic mass is 16.5. The number of esters is 1. The third-order valence-corrected chi connectivity index (χ3v) is 2.63. The molecule has 92 valence electrons. The van der Waals surface area contributed by atoms with E-state index in [1.54, 1.807) is 6.92 Å². The minimum Gasteiger partial charge on any atom is -0.467 e. The molecule has 0 aliphatic carbocycles. The summed E-state index contributed by atoms with van der Waals surface area (Å²) in [5, 5.41) is 14.7. The molecule has 1 fully saturated rings. The zero-order valence-electron chi connectivity index (χ0n) is 9.53. The van der Waals surface area contributed by atoms with Crippen LogP contribution in [0.4, 0.5) is 0 Å². The Morgan fingerprint density at radius 2 is 2.31 bits per heavy atom. The molecule has 1 saturated heterocycles. The second-order valence-corrected chi connectivity index (χ2v) is 3.84. The summed E-state index contributed by atoms with van der Waals surface area (Å²) in [5.74, 6) is -0.719. The van der Waals surface area contributed by atoms with Crippen LogP contribution < -0.4 is 10.6 Å². The molecule has 6 nitrogen and oxygen atoms in total. The first-order valence-corrected chi connectivity index (χ1v) is 5.38. The van der Waals surface area contributed by atoms with E-state index in [9.17, 15) is 14.7 Å². The fourth-order valence-electron chi connectivity index (χ4n) is 1.66. The number of methoxy groups -OCH3 is 1. The molecule has 1 heterocycles.